The Morgan fingerprint density at radius 3 is 2.27 bits per heavy atom. The average molecular weight is 214 g/mol. The van der Waals surface area contributed by atoms with E-state index in [9.17, 15) is 5.11 Å². The Bertz CT molecular complexity index is 220. The molecule has 0 aromatic heterocycles. The van der Waals surface area contributed by atoms with Gasteiger partial charge >= 0.3 is 0 Å². The van der Waals surface area contributed by atoms with E-state index in [1.807, 2.05) is 0 Å². The third kappa shape index (κ3) is 2.71. The Morgan fingerprint density at radius 2 is 1.87 bits per heavy atom. The van der Waals surface area contributed by atoms with Crippen molar-refractivity contribution in [1.82, 2.24) is 9.80 Å². The van der Waals surface area contributed by atoms with E-state index in [4.69, 9.17) is 0 Å². The Hall–Kier alpha value is -0.120. The molecule has 1 atom stereocenters. The fourth-order valence-corrected chi connectivity index (χ4v) is 2.21. The number of likely N-dealkylation sites (N-methyl/N-ethyl adjacent to an activating group) is 1. The quantitative estimate of drug-likeness (QED) is 0.710. The van der Waals surface area contributed by atoms with Crippen LogP contribution in [0.15, 0.2) is 0 Å². The maximum Gasteiger partial charge on any atom is 0.0599 e. The zero-order valence-electron chi connectivity index (χ0n) is 11.0. The van der Waals surface area contributed by atoms with E-state index in [1.165, 1.54) is 0 Å². The third-order valence-electron chi connectivity index (χ3n) is 3.67. The average Bonchev–Trinajstić information content (AvgIpc) is 2.07. The summed E-state index contributed by atoms with van der Waals surface area (Å²) in [7, 11) is 2.11. The third-order valence-corrected chi connectivity index (χ3v) is 3.67. The highest BCUT2D eigenvalue weighted by Crippen LogP contribution is 2.27. The summed E-state index contributed by atoms with van der Waals surface area (Å²) in [6.07, 6.45) is 0. The lowest BCUT2D eigenvalue weighted by Gasteiger charge is -2.53. The first-order valence-corrected chi connectivity index (χ1v) is 5.77. The predicted molar refractivity (Wildman–Crippen MR) is 64.0 cm³/mol. The van der Waals surface area contributed by atoms with Crippen LogP contribution in [0.2, 0.25) is 0 Å². The van der Waals surface area contributed by atoms with Crippen LogP contribution in [-0.4, -0.2) is 58.8 Å². The molecule has 0 saturated carbocycles. The van der Waals surface area contributed by atoms with E-state index in [-0.39, 0.29) is 23.7 Å². The first kappa shape index (κ1) is 12.9. The Labute approximate surface area is 94.1 Å². The summed E-state index contributed by atoms with van der Waals surface area (Å²) < 4.78 is 0. The minimum absolute atomic E-state index is 0.138. The molecule has 0 aromatic carbocycles. The molecule has 1 heterocycles. The largest absolute Gasteiger partial charge is 0.395 e. The van der Waals surface area contributed by atoms with Crippen LogP contribution < -0.4 is 0 Å². The van der Waals surface area contributed by atoms with Crippen LogP contribution in [-0.2, 0) is 0 Å². The van der Waals surface area contributed by atoms with Crippen LogP contribution in [0.1, 0.15) is 34.6 Å². The lowest BCUT2D eigenvalue weighted by atomic mass is 9.92. The lowest BCUT2D eigenvalue weighted by Crippen LogP contribution is -2.66. The molecule has 0 radical (unpaired) electrons. The van der Waals surface area contributed by atoms with Crippen molar-refractivity contribution in [2.45, 2.75) is 51.7 Å². The summed E-state index contributed by atoms with van der Waals surface area (Å²) in [5, 5.41) is 9.41. The zero-order valence-corrected chi connectivity index (χ0v) is 11.0. The van der Waals surface area contributed by atoms with Gasteiger partial charge in [-0.25, -0.2) is 0 Å². The molecule has 0 amide bonds. The summed E-state index contributed by atoms with van der Waals surface area (Å²) in [4.78, 5) is 4.77. The van der Waals surface area contributed by atoms with Crippen LogP contribution in [0.4, 0.5) is 0 Å². The normalized spacial score (nSPS) is 29.4. The molecule has 1 aliphatic heterocycles. The second kappa shape index (κ2) is 4.04. The molecule has 1 rings (SSSR count). The second-order valence-electron chi connectivity index (χ2n) is 6.31. The summed E-state index contributed by atoms with van der Waals surface area (Å²) in [6, 6.07) is 0.257. The van der Waals surface area contributed by atoms with Crippen LogP contribution in [0.3, 0.4) is 0 Å². The number of aliphatic hydroxyl groups excluding tert-OH is 1. The highest BCUT2D eigenvalue weighted by molar-refractivity contribution is 4.97. The van der Waals surface area contributed by atoms with Crippen molar-refractivity contribution in [2.75, 3.05) is 26.7 Å². The van der Waals surface area contributed by atoms with Gasteiger partial charge in [-0.05, 0) is 41.7 Å². The summed E-state index contributed by atoms with van der Waals surface area (Å²) in [6.45, 7) is 13.5. The van der Waals surface area contributed by atoms with Crippen molar-refractivity contribution in [3.63, 3.8) is 0 Å². The van der Waals surface area contributed by atoms with Crippen LogP contribution >= 0.6 is 0 Å². The number of nitrogens with zero attached hydrogens (tertiary/aromatic N) is 2. The maximum absolute atomic E-state index is 9.41. The van der Waals surface area contributed by atoms with Crippen molar-refractivity contribution in [2.24, 2.45) is 0 Å². The minimum Gasteiger partial charge on any atom is -0.395 e. The van der Waals surface area contributed by atoms with E-state index < -0.39 is 0 Å². The van der Waals surface area contributed by atoms with Crippen molar-refractivity contribution in [3.05, 3.63) is 0 Å². The van der Waals surface area contributed by atoms with E-state index in [0.717, 1.165) is 13.1 Å². The van der Waals surface area contributed by atoms with Gasteiger partial charge in [0, 0.05) is 30.2 Å². The van der Waals surface area contributed by atoms with Gasteiger partial charge in [0.25, 0.3) is 0 Å². The van der Waals surface area contributed by atoms with Gasteiger partial charge in [-0.2, -0.15) is 0 Å². The van der Waals surface area contributed by atoms with Gasteiger partial charge in [-0.1, -0.05) is 0 Å². The summed E-state index contributed by atoms with van der Waals surface area (Å²) in [5.74, 6) is 0. The monoisotopic (exact) mass is 214 g/mol. The summed E-state index contributed by atoms with van der Waals surface area (Å²) in [5.41, 5.74) is 0.324. The first-order valence-electron chi connectivity index (χ1n) is 5.77. The van der Waals surface area contributed by atoms with Gasteiger partial charge in [0.15, 0.2) is 0 Å². The predicted octanol–water partition coefficient (Wildman–Crippen LogP) is 1.17. The standard InChI is InChI=1S/C12H26N2O/c1-11(2,3)14-7-10(8-15)13(6)12(4,5)9-14/h10,15H,7-9H2,1-6H3. The van der Waals surface area contributed by atoms with Gasteiger partial charge in [0.1, 0.15) is 0 Å². The molecule has 0 aliphatic carbocycles. The highest BCUT2D eigenvalue weighted by atomic mass is 16.3. The van der Waals surface area contributed by atoms with Crippen LogP contribution in [0, 0.1) is 0 Å². The molecule has 15 heavy (non-hydrogen) atoms. The van der Waals surface area contributed by atoms with Gasteiger partial charge < -0.3 is 5.11 Å². The second-order valence-corrected chi connectivity index (χ2v) is 6.31. The summed E-state index contributed by atoms with van der Waals surface area (Å²) >= 11 is 0. The molecule has 0 aromatic rings. The van der Waals surface area contributed by atoms with Gasteiger partial charge in [0.2, 0.25) is 0 Å². The van der Waals surface area contributed by atoms with Crippen molar-refractivity contribution < 1.29 is 5.11 Å². The fraction of sp³-hybridized carbons (Fsp3) is 1.00. The Kier molecular flexibility index (Phi) is 3.49. The molecule has 3 nitrogen and oxygen atoms in total. The molecule has 0 bridgehead atoms. The minimum atomic E-state index is 0.138. The molecule has 1 unspecified atom stereocenters. The smallest absolute Gasteiger partial charge is 0.0599 e. The first-order chi connectivity index (χ1) is 6.68. The fourth-order valence-electron chi connectivity index (χ4n) is 2.21. The number of aliphatic hydroxyl groups is 1. The molecule has 3 heteroatoms. The topological polar surface area (TPSA) is 26.7 Å². The molecular weight excluding hydrogens is 188 g/mol. The van der Waals surface area contributed by atoms with E-state index >= 15 is 0 Å². The molecule has 90 valence electrons. The van der Waals surface area contributed by atoms with Gasteiger partial charge in [-0.15, -0.1) is 0 Å². The van der Waals surface area contributed by atoms with E-state index in [0.29, 0.717) is 0 Å². The number of hydrogen-bond acceptors (Lipinski definition) is 3. The lowest BCUT2D eigenvalue weighted by molar-refractivity contribution is -0.0576. The SMILES string of the molecule is CN1C(CO)CN(C(C)(C)C)CC1(C)C. The zero-order chi connectivity index (χ0) is 11.9. The number of hydrogen-bond donors (Lipinski definition) is 1. The molecule has 1 saturated heterocycles. The van der Waals surface area contributed by atoms with Crippen molar-refractivity contribution >= 4 is 0 Å². The maximum atomic E-state index is 9.41. The Morgan fingerprint density at radius 1 is 1.33 bits per heavy atom. The number of piperazine rings is 1. The molecular formula is C12H26N2O. The van der Waals surface area contributed by atoms with E-state index in [1.54, 1.807) is 0 Å². The van der Waals surface area contributed by atoms with Gasteiger partial charge in [-0.3, -0.25) is 9.80 Å². The molecule has 1 fully saturated rings. The van der Waals surface area contributed by atoms with Crippen LogP contribution in [0.5, 0.6) is 0 Å². The molecule has 1 aliphatic rings. The van der Waals surface area contributed by atoms with E-state index in [2.05, 4.69) is 51.5 Å². The highest BCUT2D eigenvalue weighted by Gasteiger charge is 2.40. The molecule has 0 spiro atoms. The van der Waals surface area contributed by atoms with Gasteiger partial charge in [0.05, 0.1) is 6.61 Å². The number of rotatable bonds is 1. The van der Waals surface area contributed by atoms with Crippen molar-refractivity contribution in [1.29, 1.82) is 0 Å². The Balaban J connectivity index is 2.83. The van der Waals surface area contributed by atoms with Crippen LogP contribution in [0.25, 0.3) is 0 Å². The molecule has 1 N–H and O–H groups in total. The van der Waals surface area contributed by atoms with Crippen molar-refractivity contribution in [3.8, 4) is 0 Å².